The average Bonchev–Trinajstić information content (AvgIpc) is 1.78. The summed E-state index contributed by atoms with van der Waals surface area (Å²) in [5.41, 5.74) is 0. The zero-order valence-electron chi connectivity index (χ0n) is 5.77. The van der Waals surface area contributed by atoms with Gasteiger partial charge in [0.05, 0.1) is 6.07 Å². The lowest BCUT2D eigenvalue weighted by atomic mass is 10.6. The summed E-state index contributed by atoms with van der Waals surface area (Å²) in [6.07, 6.45) is -1.30. The molecule has 0 fully saturated rings. The largest absolute Gasteiger partial charge is 0.427 e. The Morgan fingerprint density at radius 1 is 1.23 bits per heavy atom. The Bertz CT molecular complexity index is 297. The lowest BCUT2D eigenvalue weighted by molar-refractivity contribution is 0.295. The van der Waals surface area contributed by atoms with Gasteiger partial charge < -0.3 is 4.74 Å². The van der Waals surface area contributed by atoms with Gasteiger partial charge in [0.2, 0.25) is 11.8 Å². The normalized spacial score (nSPS) is 11.5. The number of hydrogen-bond donors (Lipinski definition) is 0. The molecule has 0 amide bonds. The van der Waals surface area contributed by atoms with Crippen LogP contribution in [0.3, 0.4) is 0 Å². The summed E-state index contributed by atoms with van der Waals surface area (Å²) in [7, 11) is 0. The van der Waals surface area contributed by atoms with Crippen LogP contribution in [-0.4, -0.2) is 13.9 Å². The molecule has 0 saturated carbocycles. The van der Waals surface area contributed by atoms with E-state index in [2.05, 4.69) is 14.7 Å². The van der Waals surface area contributed by atoms with E-state index < -0.39 is 21.9 Å². The van der Waals surface area contributed by atoms with Crippen molar-refractivity contribution in [2.45, 2.75) is 3.98 Å². The summed E-state index contributed by atoms with van der Waals surface area (Å²) in [6.45, 7) is 0. The highest BCUT2D eigenvalue weighted by molar-refractivity contribution is 6.66. The Morgan fingerprint density at radius 2 is 1.85 bits per heavy atom. The van der Waals surface area contributed by atoms with Gasteiger partial charge in [-0.05, 0) is 34.8 Å². The van der Waals surface area contributed by atoms with E-state index in [1.54, 1.807) is 0 Å². The molecule has 0 unspecified atom stereocenters. The van der Waals surface area contributed by atoms with Crippen LogP contribution < -0.4 is 4.74 Å². The molecule has 0 saturated heterocycles. The molecule has 0 N–H and O–H groups in total. The van der Waals surface area contributed by atoms with Gasteiger partial charge in [0.15, 0.2) is 0 Å². The van der Waals surface area contributed by atoms with E-state index in [1.807, 2.05) is 0 Å². The molecule has 1 heterocycles. The summed E-state index contributed by atoms with van der Waals surface area (Å²) in [5.74, 6) is -1.61. The third-order valence-corrected chi connectivity index (χ3v) is 1.10. The van der Waals surface area contributed by atoms with Crippen LogP contribution in [0.25, 0.3) is 0 Å². The Kier molecular flexibility index (Phi) is 3.10. The SMILES string of the molecule is Fc1cc(OC(Cl)(Cl)Cl)nc(F)n1. The second kappa shape index (κ2) is 3.77. The van der Waals surface area contributed by atoms with E-state index in [0.717, 1.165) is 0 Å². The van der Waals surface area contributed by atoms with Crippen molar-refractivity contribution in [1.29, 1.82) is 0 Å². The monoisotopic (exact) mass is 248 g/mol. The highest BCUT2D eigenvalue weighted by Crippen LogP contribution is 2.28. The first kappa shape index (κ1) is 10.7. The van der Waals surface area contributed by atoms with Gasteiger partial charge in [0, 0.05) is 0 Å². The molecule has 1 aromatic heterocycles. The maximum Gasteiger partial charge on any atom is 0.339 e. The minimum Gasteiger partial charge on any atom is -0.427 e. The molecule has 1 rings (SSSR count). The van der Waals surface area contributed by atoms with Crippen molar-refractivity contribution in [2.75, 3.05) is 0 Å². The van der Waals surface area contributed by atoms with Crippen LogP contribution >= 0.6 is 34.8 Å². The standard InChI is InChI=1S/C5HCl3F2N2O/c6-5(7,8)13-3-1-2(9)11-4(10)12-3/h1H. The third-order valence-electron chi connectivity index (χ3n) is 0.864. The molecule has 0 aliphatic carbocycles. The van der Waals surface area contributed by atoms with Gasteiger partial charge >= 0.3 is 10.1 Å². The predicted octanol–water partition coefficient (Wildman–Crippen LogP) is 2.46. The van der Waals surface area contributed by atoms with Crippen molar-refractivity contribution >= 4 is 34.8 Å². The van der Waals surface area contributed by atoms with Crippen LogP contribution in [0.5, 0.6) is 5.88 Å². The summed E-state index contributed by atoms with van der Waals surface area (Å²) in [5, 5.41) is 0. The third kappa shape index (κ3) is 3.89. The van der Waals surface area contributed by atoms with Crippen molar-refractivity contribution in [2.24, 2.45) is 0 Å². The quantitative estimate of drug-likeness (QED) is 0.436. The molecule has 8 heteroatoms. The van der Waals surface area contributed by atoms with E-state index in [4.69, 9.17) is 34.8 Å². The van der Waals surface area contributed by atoms with Crippen molar-refractivity contribution < 1.29 is 13.5 Å². The summed E-state index contributed by atoms with van der Waals surface area (Å²) >= 11 is 15.5. The topological polar surface area (TPSA) is 35.0 Å². The first-order valence-electron chi connectivity index (χ1n) is 2.82. The van der Waals surface area contributed by atoms with Gasteiger partial charge in [0.25, 0.3) is 0 Å². The lowest BCUT2D eigenvalue weighted by Gasteiger charge is -2.11. The number of rotatable bonds is 1. The summed E-state index contributed by atoms with van der Waals surface area (Å²) < 4.78 is 27.0. The number of alkyl halides is 3. The molecule has 0 aliphatic rings. The predicted molar refractivity (Wildman–Crippen MR) is 42.9 cm³/mol. The molecule has 0 atom stereocenters. The Morgan fingerprint density at radius 3 is 2.31 bits per heavy atom. The van der Waals surface area contributed by atoms with Crippen LogP contribution in [-0.2, 0) is 0 Å². The van der Waals surface area contributed by atoms with Gasteiger partial charge in [-0.1, -0.05) is 0 Å². The summed E-state index contributed by atoms with van der Waals surface area (Å²) in [6, 6.07) is 0.685. The summed E-state index contributed by atoms with van der Waals surface area (Å²) in [4.78, 5) is 5.74. The first-order chi connectivity index (χ1) is 5.87. The molecule has 1 aromatic rings. The van der Waals surface area contributed by atoms with Gasteiger partial charge in [-0.2, -0.15) is 18.7 Å². The average molecular weight is 249 g/mol. The van der Waals surface area contributed by atoms with Crippen LogP contribution in [0.2, 0.25) is 0 Å². The van der Waals surface area contributed by atoms with Crippen LogP contribution in [0, 0.1) is 12.0 Å². The fourth-order valence-corrected chi connectivity index (χ4v) is 0.778. The van der Waals surface area contributed by atoms with Gasteiger partial charge in [-0.15, -0.1) is 0 Å². The maximum absolute atomic E-state index is 12.4. The van der Waals surface area contributed by atoms with Crippen LogP contribution in [0.1, 0.15) is 0 Å². The van der Waals surface area contributed by atoms with E-state index in [-0.39, 0.29) is 0 Å². The fraction of sp³-hybridized carbons (Fsp3) is 0.200. The lowest BCUT2D eigenvalue weighted by Crippen LogP contribution is -2.14. The van der Waals surface area contributed by atoms with E-state index in [9.17, 15) is 8.78 Å². The Hall–Kier alpha value is -0.390. The van der Waals surface area contributed by atoms with Crippen molar-refractivity contribution in [3.63, 3.8) is 0 Å². The first-order valence-corrected chi connectivity index (χ1v) is 3.96. The molecular formula is C5HCl3F2N2O. The molecule has 0 bridgehead atoms. The molecule has 0 radical (unpaired) electrons. The van der Waals surface area contributed by atoms with Gasteiger partial charge in [0.1, 0.15) is 0 Å². The number of hydrogen-bond acceptors (Lipinski definition) is 3. The number of nitrogens with zero attached hydrogens (tertiary/aromatic N) is 2. The molecule has 0 aromatic carbocycles. The van der Waals surface area contributed by atoms with E-state index in [1.165, 1.54) is 0 Å². The minimum absolute atomic E-state index is 0.495. The van der Waals surface area contributed by atoms with Gasteiger partial charge in [-0.25, -0.2) is 0 Å². The molecule has 0 spiro atoms. The van der Waals surface area contributed by atoms with Gasteiger partial charge in [-0.3, -0.25) is 0 Å². The second-order valence-electron chi connectivity index (χ2n) is 1.85. The zero-order chi connectivity index (χ0) is 10.1. The second-order valence-corrected chi connectivity index (χ2v) is 4.02. The highest BCUT2D eigenvalue weighted by Gasteiger charge is 2.23. The molecular weight excluding hydrogens is 248 g/mol. The maximum atomic E-state index is 12.4. The molecule has 72 valence electrons. The zero-order valence-corrected chi connectivity index (χ0v) is 8.04. The minimum atomic E-state index is -2.12. The van der Waals surface area contributed by atoms with Crippen LogP contribution in [0.15, 0.2) is 6.07 Å². The Labute approximate surface area is 86.6 Å². The fourth-order valence-electron chi connectivity index (χ4n) is 0.541. The molecule has 13 heavy (non-hydrogen) atoms. The number of halogens is 5. The number of ether oxygens (including phenoxy) is 1. The van der Waals surface area contributed by atoms with Crippen molar-refractivity contribution in [3.8, 4) is 5.88 Å². The van der Waals surface area contributed by atoms with E-state index in [0.29, 0.717) is 6.07 Å². The van der Waals surface area contributed by atoms with Crippen molar-refractivity contribution in [3.05, 3.63) is 18.1 Å². The molecule has 0 aliphatic heterocycles. The van der Waals surface area contributed by atoms with Crippen molar-refractivity contribution in [1.82, 2.24) is 9.97 Å². The smallest absolute Gasteiger partial charge is 0.339 e. The van der Waals surface area contributed by atoms with Crippen LogP contribution in [0.4, 0.5) is 8.78 Å². The Balaban J connectivity index is 2.90. The molecule has 3 nitrogen and oxygen atoms in total. The van der Waals surface area contributed by atoms with E-state index >= 15 is 0 Å². The highest BCUT2D eigenvalue weighted by atomic mass is 35.6. The number of aromatic nitrogens is 2.